The number of carbonyl (C=O) groups is 3. The molecule has 0 aliphatic carbocycles. The van der Waals surface area contributed by atoms with Crippen LogP contribution in [0.3, 0.4) is 0 Å². The lowest BCUT2D eigenvalue weighted by atomic mass is 9.90. The fourth-order valence-electron chi connectivity index (χ4n) is 4.49. The van der Waals surface area contributed by atoms with Crippen LogP contribution >= 0.6 is 0 Å². The second-order valence-corrected chi connectivity index (χ2v) is 10.6. The van der Waals surface area contributed by atoms with E-state index in [4.69, 9.17) is 9.57 Å². The number of nitrogens with one attached hydrogen (secondary N) is 1. The van der Waals surface area contributed by atoms with Crippen molar-refractivity contribution in [3.63, 3.8) is 0 Å². The molecule has 2 aromatic rings. The fraction of sp³-hybridized carbons (Fsp3) is 0.483. The van der Waals surface area contributed by atoms with Crippen LogP contribution < -0.4 is 5.32 Å². The maximum atomic E-state index is 13.9. The molecule has 2 aromatic carbocycles. The molecule has 1 aliphatic heterocycles. The van der Waals surface area contributed by atoms with Crippen LogP contribution in [0.15, 0.2) is 60.7 Å². The van der Waals surface area contributed by atoms with Gasteiger partial charge in [0.15, 0.2) is 0 Å². The van der Waals surface area contributed by atoms with Gasteiger partial charge in [-0.3, -0.25) is 24.6 Å². The molecule has 9 nitrogen and oxygen atoms in total. The molecular formula is C29H40N4O5. The lowest BCUT2D eigenvalue weighted by Gasteiger charge is -2.31. The molecule has 1 fully saturated rings. The van der Waals surface area contributed by atoms with Crippen molar-refractivity contribution in [2.45, 2.75) is 57.3 Å². The number of hydrogen-bond donors (Lipinski definition) is 1. The maximum absolute atomic E-state index is 13.9. The van der Waals surface area contributed by atoms with Crippen molar-refractivity contribution in [1.29, 1.82) is 0 Å². The molecule has 1 saturated heterocycles. The number of hydroxylamine groups is 2. The third-order valence-electron chi connectivity index (χ3n) is 6.64. The number of hydrogen-bond acceptors (Lipinski definition) is 6. The predicted octanol–water partition coefficient (Wildman–Crippen LogP) is 3.61. The highest BCUT2D eigenvalue weighted by Gasteiger charge is 2.37. The van der Waals surface area contributed by atoms with Gasteiger partial charge in [0.25, 0.3) is 0 Å². The van der Waals surface area contributed by atoms with E-state index in [1.54, 1.807) is 32.7 Å². The second kappa shape index (κ2) is 12.9. The minimum absolute atomic E-state index is 0.0560. The summed E-state index contributed by atoms with van der Waals surface area (Å²) >= 11 is 0. The van der Waals surface area contributed by atoms with Crippen molar-refractivity contribution < 1.29 is 24.0 Å². The monoisotopic (exact) mass is 524 g/mol. The molecule has 206 valence electrons. The zero-order valence-corrected chi connectivity index (χ0v) is 23.2. The second-order valence-electron chi connectivity index (χ2n) is 10.6. The van der Waals surface area contributed by atoms with E-state index in [2.05, 4.69) is 29.6 Å². The fourth-order valence-corrected chi connectivity index (χ4v) is 4.49. The zero-order valence-electron chi connectivity index (χ0n) is 23.2. The Balaban J connectivity index is 1.90. The maximum Gasteiger partial charge on any atom is 0.411 e. The van der Waals surface area contributed by atoms with Crippen LogP contribution in [-0.2, 0) is 19.2 Å². The van der Waals surface area contributed by atoms with Crippen molar-refractivity contribution in [2.75, 3.05) is 34.3 Å². The van der Waals surface area contributed by atoms with Crippen LogP contribution in [0.25, 0.3) is 0 Å². The minimum atomic E-state index is -0.843. The number of carbonyl (C=O) groups excluding carboxylic acids is 3. The summed E-state index contributed by atoms with van der Waals surface area (Å²) in [6.07, 6.45) is -0.639. The molecule has 1 heterocycles. The topological polar surface area (TPSA) is 91.4 Å². The van der Waals surface area contributed by atoms with Gasteiger partial charge in [0.1, 0.15) is 5.60 Å². The first-order valence-electron chi connectivity index (χ1n) is 12.9. The first kappa shape index (κ1) is 29.1. The number of ether oxygens (including phenoxy) is 1. The van der Waals surface area contributed by atoms with E-state index in [-0.39, 0.29) is 24.2 Å². The molecule has 1 aliphatic rings. The molecule has 38 heavy (non-hydrogen) atoms. The summed E-state index contributed by atoms with van der Waals surface area (Å²) in [5.41, 5.74) is 1.53. The van der Waals surface area contributed by atoms with Gasteiger partial charge in [0.2, 0.25) is 11.8 Å². The lowest BCUT2D eigenvalue weighted by Crippen LogP contribution is -2.54. The van der Waals surface area contributed by atoms with Crippen LogP contribution in [0.4, 0.5) is 4.79 Å². The molecule has 1 N–H and O–H groups in total. The first-order chi connectivity index (χ1) is 18.0. The normalized spacial score (nSPS) is 18.2. The van der Waals surface area contributed by atoms with E-state index in [1.807, 2.05) is 36.4 Å². The van der Waals surface area contributed by atoms with Crippen molar-refractivity contribution in [3.05, 3.63) is 71.8 Å². The summed E-state index contributed by atoms with van der Waals surface area (Å²) in [7, 11) is 4.55. The molecule has 9 heteroatoms. The Morgan fingerprint density at radius 1 is 1.03 bits per heavy atom. The summed E-state index contributed by atoms with van der Waals surface area (Å²) in [6, 6.07) is 19.3. The number of amides is 3. The van der Waals surface area contributed by atoms with Crippen LogP contribution in [0.1, 0.15) is 50.7 Å². The Morgan fingerprint density at radius 3 is 2.08 bits per heavy atom. The van der Waals surface area contributed by atoms with E-state index in [0.717, 1.165) is 16.2 Å². The number of benzene rings is 2. The van der Waals surface area contributed by atoms with Gasteiger partial charge >= 0.3 is 6.09 Å². The molecule has 0 saturated carbocycles. The van der Waals surface area contributed by atoms with Gasteiger partial charge < -0.3 is 9.64 Å². The largest absolute Gasteiger partial charge is 0.444 e. The summed E-state index contributed by atoms with van der Waals surface area (Å²) in [5, 5.41) is 4.36. The first-order valence-corrected chi connectivity index (χ1v) is 12.9. The van der Waals surface area contributed by atoms with Gasteiger partial charge in [-0.1, -0.05) is 60.7 Å². The van der Waals surface area contributed by atoms with Gasteiger partial charge in [-0.25, -0.2) is 9.86 Å². The molecule has 2 atom stereocenters. The van der Waals surface area contributed by atoms with E-state index in [1.165, 1.54) is 19.1 Å². The van der Waals surface area contributed by atoms with Gasteiger partial charge in [0.05, 0.1) is 25.7 Å². The van der Waals surface area contributed by atoms with Crippen LogP contribution in [0, 0.1) is 0 Å². The quantitative estimate of drug-likeness (QED) is 0.531. The van der Waals surface area contributed by atoms with Crippen molar-refractivity contribution in [2.24, 2.45) is 0 Å². The summed E-state index contributed by atoms with van der Waals surface area (Å²) in [5.74, 6) is -0.596. The van der Waals surface area contributed by atoms with E-state index in [9.17, 15) is 14.4 Å². The highest BCUT2D eigenvalue weighted by molar-refractivity contribution is 5.88. The predicted molar refractivity (Wildman–Crippen MR) is 145 cm³/mol. The van der Waals surface area contributed by atoms with Crippen LogP contribution in [0.5, 0.6) is 0 Å². The van der Waals surface area contributed by atoms with Crippen molar-refractivity contribution in [1.82, 2.24) is 20.2 Å². The summed E-state index contributed by atoms with van der Waals surface area (Å²) in [6.45, 7) is 6.26. The molecule has 0 aromatic heterocycles. The number of nitrogens with zero attached hydrogens (tertiary/aromatic N) is 3. The molecule has 0 radical (unpaired) electrons. The van der Waals surface area contributed by atoms with E-state index in [0.29, 0.717) is 19.5 Å². The van der Waals surface area contributed by atoms with Gasteiger partial charge in [-0.05, 0) is 38.3 Å². The Hall–Kier alpha value is -3.43. The Bertz CT molecular complexity index is 1030. The summed E-state index contributed by atoms with van der Waals surface area (Å²) < 4.78 is 5.55. The van der Waals surface area contributed by atoms with Gasteiger partial charge in [0, 0.05) is 33.1 Å². The average Bonchev–Trinajstić information content (AvgIpc) is 3.04. The molecule has 3 amide bonds. The van der Waals surface area contributed by atoms with Gasteiger partial charge in [-0.2, -0.15) is 0 Å². The molecule has 3 rings (SSSR count). The molecule has 0 spiro atoms. The highest BCUT2D eigenvalue weighted by Crippen LogP contribution is 2.27. The van der Waals surface area contributed by atoms with E-state index < -0.39 is 23.9 Å². The highest BCUT2D eigenvalue weighted by atomic mass is 16.7. The Morgan fingerprint density at radius 2 is 1.58 bits per heavy atom. The SMILES string of the molecule is CON(C)C(=O)C[C@@H]1N[C@@H](N(C)C(=O)OC(C)(C)C)CCN(CC(c2ccccc2)c2ccccc2)C1=O. The molecular weight excluding hydrogens is 484 g/mol. The third kappa shape index (κ3) is 7.79. The van der Waals surface area contributed by atoms with Crippen molar-refractivity contribution in [3.8, 4) is 0 Å². The Kier molecular flexibility index (Phi) is 9.88. The molecule has 0 unspecified atom stereocenters. The third-order valence-corrected chi connectivity index (χ3v) is 6.64. The smallest absolute Gasteiger partial charge is 0.411 e. The Labute approximate surface area is 225 Å². The van der Waals surface area contributed by atoms with Crippen LogP contribution in [-0.4, -0.2) is 84.9 Å². The van der Waals surface area contributed by atoms with Crippen LogP contribution in [0.2, 0.25) is 0 Å². The average molecular weight is 525 g/mol. The van der Waals surface area contributed by atoms with E-state index >= 15 is 0 Å². The molecule has 0 bridgehead atoms. The standard InChI is InChI=1S/C29H40N4O5/c1-29(2,3)38-28(36)31(4)25-17-18-33(27(35)24(30-25)19-26(34)32(5)37-6)20-23(21-13-9-7-10-14-21)22-15-11-8-12-16-22/h7-16,23-25,30H,17-20H2,1-6H3/t24-,25-/m0/s1. The number of rotatable bonds is 8. The minimum Gasteiger partial charge on any atom is -0.444 e. The zero-order chi connectivity index (χ0) is 27.9. The van der Waals surface area contributed by atoms with Crippen molar-refractivity contribution >= 4 is 17.9 Å². The lowest BCUT2D eigenvalue weighted by molar-refractivity contribution is -0.170. The summed E-state index contributed by atoms with van der Waals surface area (Å²) in [4.78, 5) is 47.8. The van der Waals surface area contributed by atoms with Gasteiger partial charge in [-0.15, -0.1) is 0 Å².